The molecule has 6 heteroatoms. The molecule has 0 unspecified atom stereocenters. The van der Waals surface area contributed by atoms with E-state index in [9.17, 15) is 10.1 Å². The molecule has 1 aromatic rings. The summed E-state index contributed by atoms with van der Waals surface area (Å²) in [6.45, 7) is 2.73. The zero-order chi connectivity index (χ0) is 13.7. The third-order valence-corrected chi connectivity index (χ3v) is 3.60. The second-order valence-corrected chi connectivity index (χ2v) is 5.13. The van der Waals surface area contributed by atoms with E-state index in [-0.39, 0.29) is 10.7 Å². The molecule has 1 saturated heterocycles. The zero-order valence-electron chi connectivity index (χ0n) is 10.6. The Morgan fingerprint density at radius 2 is 2.37 bits per heavy atom. The van der Waals surface area contributed by atoms with Crippen LogP contribution >= 0.6 is 11.6 Å². The minimum absolute atomic E-state index is 0.0196. The summed E-state index contributed by atoms with van der Waals surface area (Å²) in [7, 11) is 0. The van der Waals surface area contributed by atoms with Crippen LogP contribution in [0.1, 0.15) is 19.3 Å². The number of ether oxygens (including phenoxy) is 1. The van der Waals surface area contributed by atoms with Gasteiger partial charge in [0.25, 0.3) is 5.69 Å². The first-order valence-electron chi connectivity index (χ1n) is 6.44. The molecule has 104 valence electrons. The minimum Gasteiger partial charge on any atom is -0.492 e. The molecule has 1 atom stereocenters. The van der Waals surface area contributed by atoms with Crippen LogP contribution in [0.25, 0.3) is 0 Å². The quantitative estimate of drug-likeness (QED) is 0.667. The van der Waals surface area contributed by atoms with Gasteiger partial charge in [-0.05, 0) is 44.3 Å². The van der Waals surface area contributed by atoms with Crippen LogP contribution < -0.4 is 10.1 Å². The number of nitro groups is 1. The zero-order valence-corrected chi connectivity index (χ0v) is 11.4. The Morgan fingerprint density at radius 1 is 1.53 bits per heavy atom. The van der Waals surface area contributed by atoms with Crippen molar-refractivity contribution in [3.63, 3.8) is 0 Å². The van der Waals surface area contributed by atoms with Crippen molar-refractivity contribution in [2.24, 2.45) is 5.92 Å². The van der Waals surface area contributed by atoms with Crippen molar-refractivity contribution in [2.45, 2.75) is 19.3 Å². The molecule has 19 heavy (non-hydrogen) atoms. The number of non-ortho nitro benzene ring substituents is 1. The van der Waals surface area contributed by atoms with Crippen LogP contribution in [0, 0.1) is 16.0 Å². The highest BCUT2D eigenvalue weighted by Crippen LogP contribution is 2.29. The molecular weight excluding hydrogens is 268 g/mol. The highest BCUT2D eigenvalue weighted by molar-refractivity contribution is 6.32. The monoisotopic (exact) mass is 284 g/mol. The van der Waals surface area contributed by atoms with Gasteiger partial charge in [0, 0.05) is 12.1 Å². The molecule has 1 heterocycles. The number of hydrogen-bond acceptors (Lipinski definition) is 4. The van der Waals surface area contributed by atoms with Crippen molar-refractivity contribution in [3.05, 3.63) is 33.3 Å². The van der Waals surface area contributed by atoms with Gasteiger partial charge in [0.2, 0.25) is 0 Å². The van der Waals surface area contributed by atoms with E-state index in [1.54, 1.807) is 6.07 Å². The summed E-state index contributed by atoms with van der Waals surface area (Å²) in [6.07, 6.45) is 3.41. The summed E-state index contributed by atoms with van der Waals surface area (Å²) < 4.78 is 5.59. The highest BCUT2D eigenvalue weighted by Gasteiger charge is 2.14. The van der Waals surface area contributed by atoms with E-state index < -0.39 is 4.92 Å². The predicted octanol–water partition coefficient (Wildman–Crippen LogP) is 3.02. The molecule has 1 N–H and O–H groups in total. The van der Waals surface area contributed by atoms with E-state index in [2.05, 4.69) is 5.32 Å². The van der Waals surface area contributed by atoms with E-state index >= 15 is 0 Å². The van der Waals surface area contributed by atoms with Crippen LogP contribution in [0.3, 0.4) is 0 Å². The number of rotatable bonds is 5. The second kappa shape index (κ2) is 6.73. The fourth-order valence-corrected chi connectivity index (χ4v) is 2.46. The molecule has 0 radical (unpaired) electrons. The average molecular weight is 285 g/mol. The number of piperidine rings is 1. The van der Waals surface area contributed by atoms with Gasteiger partial charge in [0.15, 0.2) is 0 Å². The van der Waals surface area contributed by atoms with Crippen molar-refractivity contribution in [3.8, 4) is 5.75 Å². The largest absolute Gasteiger partial charge is 0.492 e. The maximum absolute atomic E-state index is 10.6. The topological polar surface area (TPSA) is 64.4 Å². The molecule has 0 aliphatic carbocycles. The molecule has 1 aromatic carbocycles. The summed E-state index contributed by atoms with van der Waals surface area (Å²) in [5, 5.41) is 14.2. The number of halogens is 1. The first-order valence-corrected chi connectivity index (χ1v) is 6.82. The number of hydrogen-bond donors (Lipinski definition) is 1. The van der Waals surface area contributed by atoms with Gasteiger partial charge >= 0.3 is 0 Å². The lowest BCUT2D eigenvalue weighted by molar-refractivity contribution is -0.384. The van der Waals surface area contributed by atoms with Gasteiger partial charge in [-0.15, -0.1) is 0 Å². The Bertz CT molecular complexity index is 448. The third kappa shape index (κ3) is 4.08. The molecule has 2 rings (SSSR count). The van der Waals surface area contributed by atoms with Crippen molar-refractivity contribution in [2.75, 3.05) is 19.7 Å². The van der Waals surface area contributed by atoms with Gasteiger partial charge in [0.1, 0.15) is 5.75 Å². The molecule has 0 saturated carbocycles. The van der Waals surface area contributed by atoms with Gasteiger partial charge in [-0.3, -0.25) is 10.1 Å². The highest BCUT2D eigenvalue weighted by atomic mass is 35.5. The SMILES string of the molecule is O=[N+]([O-])c1ccc(OCC[C@H]2CCCNC2)c(Cl)c1. The van der Waals surface area contributed by atoms with Gasteiger partial charge in [0.05, 0.1) is 16.6 Å². The van der Waals surface area contributed by atoms with Crippen molar-refractivity contribution < 1.29 is 9.66 Å². The average Bonchev–Trinajstić information content (AvgIpc) is 2.41. The van der Waals surface area contributed by atoms with Gasteiger partial charge in [-0.25, -0.2) is 0 Å². The Kier molecular flexibility index (Phi) is 4.99. The first-order chi connectivity index (χ1) is 9.16. The van der Waals surface area contributed by atoms with Crippen LogP contribution in [0.4, 0.5) is 5.69 Å². The third-order valence-electron chi connectivity index (χ3n) is 3.31. The van der Waals surface area contributed by atoms with Crippen LogP contribution in [-0.2, 0) is 0 Å². The number of nitrogens with zero attached hydrogens (tertiary/aromatic N) is 1. The van der Waals surface area contributed by atoms with Gasteiger partial charge in [-0.1, -0.05) is 11.6 Å². The predicted molar refractivity (Wildman–Crippen MR) is 73.8 cm³/mol. The smallest absolute Gasteiger partial charge is 0.271 e. The van der Waals surface area contributed by atoms with Crippen LogP contribution in [-0.4, -0.2) is 24.6 Å². The number of nitrogens with one attached hydrogen (secondary N) is 1. The van der Waals surface area contributed by atoms with Gasteiger partial charge < -0.3 is 10.1 Å². The standard InChI is InChI=1S/C13H17ClN2O3/c14-12-8-11(16(17)18)3-4-13(12)19-7-5-10-2-1-6-15-9-10/h3-4,8,10,15H,1-2,5-7,9H2/t10-/m1/s1. The normalized spacial score (nSPS) is 19.1. The summed E-state index contributed by atoms with van der Waals surface area (Å²) >= 11 is 5.95. The lowest BCUT2D eigenvalue weighted by Crippen LogP contribution is -2.30. The van der Waals surface area contributed by atoms with E-state index in [1.165, 1.54) is 25.0 Å². The lowest BCUT2D eigenvalue weighted by atomic mass is 9.97. The van der Waals surface area contributed by atoms with Crippen LogP contribution in [0.2, 0.25) is 5.02 Å². The number of benzene rings is 1. The summed E-state index contributed by atoms with van der Waals surface area (Å²) in [4.78, 5) is 10.1. The molecule has 1 fully saturated rings. The second-order valence-electron chi connectivity index (χ2n) is 4.72. The summed E-state index contributed by atoms with van der Waals surface area (Å²) in [5.41, 5.74) is -0.0196. The molecule has 1 aliphatic rings. The van der Waals surface area contributed by atoms with Gasteiger partial charge in [-0.2, -0.15) is 0 Å². The van der Waals surface area contributed by atoms with Crippen LogP contribution in [0.15, 0.2) is 18.2 Å². The summed E-state index contributed by atoms with van der Waals surface area (Å²) in [6, 6.07) is 4.28. The lowest BCUT2D eigenvalue weighted by Gasteiger charge is -2.22. The Morgan fingerprint density at radius 3 is 3.00 bits per heavy atom. The van der Waals surface area contributed by atoms with Crippen LogP contribution in [0.5, 0.6) is 5.75 Å². The summed E-state index contributed by atoms with van der Waals surface area (Å²) in [5.74, 6) is 1.15. The van der Waals surface area contributed by atoms with E-state index in [1.807, 2.05) is 0 Å². The first kappa shape index (κ1) is 14.1. The van der Waals surface area contributed by atoms with E-state index in [0.717, 1.165) is 19.5 Å². The molecule has 1 aliphatic heterocycles. The fraction of sp³-hybridized carbons (Fsp3) is 0.538. The molecule has 0 bridgehead atoms. The Labute approximate surface area is 117 Å². The van der Waals surface area contributed by atoms with E-state index in [4.69, 9.17) is 16.3 Å². The molecule has 0 spiro atoms. The number of nitro benzene ring substituents is 1. The minimum atomic E-state index is -0.469. The Balaban J connectivity index is 1.83. The van der Waals surface area contributed by atoms with Crippen molar-refractivity contribution >= 4 is 17.3 Å². The Hall–Kier alpha value is -1.33. The maximum Gasteiger partial charge on any atom is 0.271 e. The molecular formula is C13H17ClN2O3. The molecule has 0 aromatic heterocycles. The fourth-order valence-electron chi connectivity index (χ4n) is 2.23. The van der Waals surface area contributed by atoms with Crippen molar-refractivity contribution in [1.29, 1.82) is 0 Å². The van der Waals surface area contributed by atoms with E-state index in [0.29, 0.717) is 18.3 Å². The molecule has 0 amide bonds. The van der Waals surface area contributed by atoms with Crippen molar-refractivity contribution in [1.82, 2.24) is 5.32 Å². The maximum atomic E-state index is 10.6. The molecule has 5 nitrogen and oxygen atoms in total.